The second kappa shape index (κ2) is 9.02. The van der Waals surface area contributed by atoms with Gasteiger partial charge in [-0.15, -0.1) is 11.3 Å². The zero-order valence-corrected chi connectivity index (χ0v) is 15.4. The van der Waals surface area contributed by atoms with Crippen molar-refractivity contribution in [1.29, 1.82) is 0 Å². The first kappa shape index (κ1) is 20.1. The molecule has 1 amide bonds. The third-order valence-corrected chi connectivity index (χ3v) is 4.40. The van der Waals surface area contributed by atoms with Crippen LogP contribution in [0.2, 0.25) is 0 Å². The van der Waals surface area contributed by atoms with Crippen molar-refractivity contribution in [1.82, 2.24) is 4.98 Å². The molecule has 7 nitrogen and oxygen atoms in total. The van der Waals surface area contributed by atoms with Crippen molar-refractivity contribution in [2.45, 2.75) is 6.61 Å². The molecule has 0 radical (unpaired) electrons. The van der Waals surface area contributed by atoms with Gasteiger partial charge in [-0.3, -0.25) is 20.2 Å². The van der Waals surface area contributed by atoms with Gasteiger partial charge in [0.1, 0.15) is 5.75 Å². The van der Waals surface area contributed by atoms with Crippen LogP contribution >= 0.6 is 11.3 Å². The smallest absolute Gasteiger partial charge is 0.387 e. The van der Waals surface area contributed by atoms with Gasteiger partial charge in [0.25, 0.3) is 5.69 Å². The maximum atomic E-state index is 12.5. The van der Waals surface area contributed by atoms with E-state index in [4.69, 9.17) is 0 Å². The highest BCUT2D eigenvalue weighted by atomic mass is 32.1. The van der Waals surface area contributed by atoms with Crippen molar-refractivity contribution in [2.75, 3.05) is 5.32 Å². The van der Waals surface area contributed by atoms with Crippen LogP contribution in [0.1, 0.15) is 5.56 Å². The Kier molecular flexibility index (Phi) is 6.25. The molecule has 0 aliphatic carbocycles. The van der Waals surface area contributed by atoms with Crippen LogP contribution in [0.4, 0.5) is 19.6 Å². The second-order valence-corrected chi connectivity index (χ2v) is 6.44. The molecule has 1 aromatic heterocycles. The summed E-state index contributed by atoms with van der Waals surface area (Å²) in [4.78, 5) is 26.7. The number of nitro groups is 1. The Bertz CT molecular complexity index is 1050. The number of hydrogen-bond donors (Lipinski definition) is 1. The number of halogens is 2. The molecule has 0 spiro atoms. The molecule has 3 rings (SSSR count). The van der Waals surface area contributed by atoms with Crippen LogP contribution in [0.25, 0.3) is 17.3 Å². The van der Waals surface area contributed by atoms with Gasteiger partial charge >= 0.3 is 6.61 Å². The van der Waals surface area contributed by atoms with Gasteiger partial charge in [0.2, 0.25) is 5.91 Å². The Morgan fingerprint density at radius 2 is 2.00 bits per heavy atom. The van der Waals surface area contributed by atoms with Crippen molar-refractivity contribution < 1.29 is 23.2 Å². The average Bonchev–Trinajstić information content (AvgIpc) is 3.15. The predicted octanol–water partition coefficient (Wildman–Crippen LogP) is 4.97. The van der Waals surface area contributed by atoms with Gasteiger partial charge < -0.3 is 4.74 Å². The van der Waals surface area contributed by atoms with E-state index in [9.17, 15) is 23.7 Å². The fourth-order valence-electron chi connectivity index (χ4n) is 2.37. The Labute approximate surface area is 167 Å². The normalized spacial score (nSPS) is 11.0. The van der Waals surface area contributed by atoms with Crippen LogP contribution < -0.4 is 10.1 Å². The Morgan fingerprint density at radius 3 is 2.69 bits per heavy atom. The number of carbonyl (C=O) groups is 1. The summed E-state index contributed by atoms with van der Waals surface area (Å²) in [5.74, 6) is -0.858. The molecular weight excluding hydrogens is 404 g/mol. The number of rotatable bonds is 7. The van der Waals surface area contributed by atoms with Crippen LogP contribution in [0.3, 0.4) is 0 Å². The van der Waals surface area contributed by atoms with Gasteiger partial charge in [-0.05, 0) is 12.1 Å². The van der Waals surface area contributed by atoms with E-state index in [1.54, 1.807) is 5.38 Å². The van der Waals surface area contributed by atoms with Crippen molar-refractivity contribution in [3.05, 3.63) is 75.7 Å². The van der Waals surface area contributed by atoms with E-state index in [1.165, 1.54) is 11.3 Å². The van der Waals surface area contributed by atoms with E-state index >= 15 is 0 Å². The van der Waals surface area contributed by atoms with Gasteiger partial charge in [-0.25, -0.2) is 4.98 Å². The lowest BCUT2D eigenvalue weighted by molar-refractivity contribution is -0.384. The lowest BCUT2D eigenvalue weighted by atomic mass is 10.1. The molecule has 0 unspecified atom stereocenters. The van der Waals surface area contributed by atoms with E-state index in [2.05, 4.69) is 15.0 Å². The number of nitro benzene ring substituents is 1. The van der Waals surface area contributed by atoms with Gasteiger partial charge in [-0.2, -0.15) is 8.78 Å². The number of hydrogen-bond acceptors (Lipinski definition) is 6. The zero-order chi connectivity index (χ0) is 20.8. The standard InChI is InChI=1S/C19H13F2N3O4S/c20-18(21)28-16-8-7-14(24(26)27)10-13(16)6-9-17(25)23-19-22-15(11-29-19)12-4-2-1-3-5-12/h1-11,18H,(H,22,23,25). The summed E-state index contributed by atoms with van der Waals surface area (Å²) < 4.78 is 29.4. The third-order valence-electron chi connectivity index (χ3n) is 3.64. The molecule has 0 atom stereocenters. The maximum Gasteiger partial charge on any atom is 0.387 e. The summed E-state index contributed by atoms with van der Waals surface area (Å²) in [6.45, 7) is -3.11. The number of nitrogens with one attached hydrogen (secondary N) is 1. The molecule has 1 N–H and O–H groups in total. The van der Waals surface area contributed by atoms with Crippen LogP contribution in [-0.2, 0) is 4.79 Å². The summed E-state index contributed by atoms with van der Waals surface area (Å²) in [6.07, 6.45) is 2.22. The monoisotopic (exact) mass is 417 g/mol. The molecule has 1 heterocycles. The summed E-state index contributed by atoms with van der Waals surface area (Å²) in [7, 11) is 0. The predicted molar refractivity (Wildman–Crippen MR) is 105 cm³/mol. The Balaban J connectivity index is 1.74. The fourth-order valence-corrected chi connectivity index (χ4v) is 3.09. The number of ether oxygens (including phenoxy) is 1. The van der Waals surface area contributed by atoms with Gasteiger partial charge in [-0.1, -0.05) is 30.3 Å². The van der Waals surface area contributed by atoms with Crippen molar-refractivity contribution >= 4 is 34.1 Å². The molecule has 0 fully saturated rings. The largest absolute Gasteiger partial charge is 0.434 e. The molecule has 3 aromatic rings. The first-order chi connectivity index (χ1) is 13.9. The summed E-state index contributed by atoms with van der Waals surface area (Å²) >= 11 is 1.22. The van der Waals surface area contributed by atoms with E-state index in [-0.39, 0.29) is 17.0 Å². The van der Waals surface area contributed by atoms with E-state index in [0.717, 1.165) is 35.9 Å². The van der Waals surface area contributed by atoms with E-state index < -0.39 is 17.4 Å². The van der Waals surface area contributed by atoms with Crippen LogP contribution in [-0.4, -0.2) is 22.4 Å². The lowest BCUT2D eigenvalue weighted by Crippen LogP contribution is -2.07. The Morgan fingerprint density at radius 1 is 1.24 bits per heavy atom. The Hall–Kier alpha value is -3.66. The van der Waals surface area contributed by atoms with E-state index in [1.807, 2.05) is 30.3 Å². The molecule has 0 aliphatic heterocycles. The van der Waals surface area contributed by atoms with Crippen LogP contribution in [0, 0.1) is 10.1 Å². The van der Waals surface area contributed by atoms with Crippen molar-refractivity contribution in [3.8, 4) is 17.0 Å². The molecule has 2 aromatic carbocycles. The molecule has 0 aliphatic rings. The number of nitrogens with zero attached hydrogens (tertiary/aromatic N) is 2. The van der Waals surface area contributed by atoms with Crippen molar-refractivity contribution in [2.24, 2.45) is 0 Å². The highest BCUT2D eigenvalue weighted by molar-refractivity contribution is 7.14. The van der Waals surface area contributed by atoms with Gasteiger partial charge in [0.05, 0.1) is 10.6 Å². The molecule has 10 heteroatoms. The maximum absolute atomic E-state index is 12.5. The minimum Gasteiger partial charge on any atom is -0.434 e. The minimum absolute atomic E-state index is 0.0289. The molecule has 0 saturated carbocycles. The zero-order valence-electron chi connectivity index (χ0n) is 14.6. The molecule has 0 bridgehead atoms. The number of carbonyl (C=O) groups excluding carboxylic acids is 1. The van der Waals surface area contributed by atoms with Gasteiger partial charge in [0, 0.05) is 34.7 Å². The molecule has 29 heavy (non-hydrogen) atoms. The molecular formula is C19H13F2N3O4S. The number of thiazole rings is 1. The van der Waals surface area contributed by atoms with Crippen LogP contribution in [0.5, 0.6) is 5.75 Å². The SMILES string of the molecule is O=C(C=Cc1cc([N+](=O)[O-])ccc1OC(F)F)Nc1nc(-c2ccccc2)cs1. The summed E-state index contributed by atoms with van der Waals surface area (Å²) in [6, 6.07) is 12.5. The molecule has 0 saturated heterocycles. The van der Waals surface area contributed by atoms with Gasteiger partial charge in [0.15, 0.2) is 5.13 Å². The van der Waals surface area contributed by atoms with Crippen LogP contribution in [0.15, 0.2) is 60.0 Å². The fraction of sp³-hybridized carbons (Fsp3) is 0.0526. The lowest BCUT2D eigenvalue weighted by Gasteiger charge is -2.07. The number of aromatic nitrogens is 1. The quantitative estimate of drug-likeness (QED) is 0.333. The topological polar surface area (TPSA) is 94.4 Å². The number of benzene rings is 2. The van der Waals surface area contributed by atoms with E-state index in [0.29, 0.717) is 10.8 Å². The number of anilines is 1. The van der Waals surface area contributed by atoms with Crippen molar-refractivity contribution in [3.63, 3.8) is 0 Å². The average molecular weight is 417 g/mol. The minimum atomic E-state index is -3.11. The molecule has 148 valence electrons. The highest BCUT2D eigenvalue weighted by Gasteiger charge is 2.14. The number of non-ortho nitro benzene ring substituents is 1. The first-order valence-electron chi connectivity index (χ1n) is 8.15. The summed E-state index contributed by atoms with van der Waals surface area (Å²) in [5, 5.41) is 15.6. The third kappa shape index (κ3) is 5.42. The number of alkyl halides is 2. The second-order valence-electron chi connectivity index (χ2n) is 5.58. The summed E-state index contributed by atoms with van der Waals surface area (Å²) in [5.41, 5.74) is 1.24. The first-order valence-corrected chi connectivity index (χ1v) is 9.03. The highest BCUT2D eigenvalue weighted by Crippen LogP contribution is 2.27. The number of amides is 1.